The summed E-state index contributed by atoms with van der Waals surface area (Å²) in [6.45, 7) is 2.05. The largest absolute Gasteiger partial charge is 0.422 e. The number of rotatable bonds is 2. The van der Waals surface area contributed by atoms with Gasteiger partial charge in [-0.05, 0) is 30.7 Å². The van der Waals surface area contributed by atoms with Crippen LogP contribution >= 0.6 is 0 Å². The number of fused-ring (bicyclic) bond motifs is 1. The molecule has 0 N–H and O–H groups in total. The van der Waals surface area contributed by atoms with E-state index in [1.807, 2.05) is 61.5 Å². The molecule has 0 aliphatic rings. The molecule has 1 heterocycles. The van der Waals surface area contributed by atoms with Gasteiger partial charge in [0.1, 0.15) is 5.58 Å². The molecule has 0 saturated heterocycles. The van der Waals surface area contributed by atoms with Crippen molar-refractivity contribution in [3.05, 3.63) is 81.7 Å². The van der Waals surface area contributed by atoms with Crippen LogP contribution in [0.1, 0.15) is 16.7 Å². The second-order valence-electron chi connectivity index (χ2n) is 4.77. The van der Waals surface area contributed by atoms with Gasteiger partial charge in [0.2, 0.25) is 0 Å². The maximum Gasteiger partial charge on any atom is 0.343 e. The average molecular weight is 262 g/mol. The molecule has 98 valence electrons. The Balaban J connectivity index is 2.00. The minimum Gasteiger partial charge on any atom is -0.422 e. The molecule has 20 heavy (non-hydrogen) atoms. The van der Waals surface area contributed by atoms with Gasteiger partial charge in [0.15, 0.2) is 0 Å². The lowest BCUT2D eigenvalue weighted by Crippen LogP contribution is -2.02. The second kappa shape index (κ2) is 5.17. The zero-order valence-corrected chi connectivity index (χ0v) is 11.2. The molecule has 0 spiro atoms. The van der Waals surface area contributed by atoms with Crippen LogP contribution in [-0.4, -0.2) is 0 Å². The van der Waals surface area contributed by atoms with Crippen LogP contribution in [0, 0.1) is 6.92 Å². The highest BCUT2D eigenvalue weighted by Crippen LogP contribution is 2.14. The minimum atomic E-state index is -0.313. The molecule has 0 aliphatic carbocycles. The number of aryl methyl sites for hydroxylation is 1. The van der Waals surface area contributed by atoms with Crippen molar-refractivity contribution in [3.63, 3.8) is 0 Å². The highest BCUT2D eigenvalue weighted by atomic mass is 16.4. The predicted octanol–water partition coefficient (Wildman–Crippen LogP) is 4.27. The lowest BCUT2D eigenvalue weighted by Gasteiger charge is -1.98. The van der Waals surface area contributed by atoms with Gasteiger partial charge in [-0.25, -0.2) is 4.79 Å². The molecule has 0 atom stereocenters. The first kappa shape index (κ1) is 12.4. The van der Waals surface area contributed by atoms with Crippen molar-refractivity contribution in [1.82, 2.24) is 0 Å². The Morgan fingerprint density at radius 2 is 1.70 bits per heavy atom. The summed E-state index contributed by atoms with van der Waals surface area (Å²) in [6, 6.07) is 17.5. The summed E-state index contributed by atoms with van der Waals surface area (Å²) in [6.07, 6.45) is 3.71. The van der Waals surface area contributed by atoms with Gasteiger partial charge in [-0.1, -0.05) is 54.1 Å². The zero-order valence-electron chi connectivity index (χ0n) is 11.2. The summed E-state index contributed by atoms with van der Waals surface area (Å²) in [5, 5.41) is 0.927. The molecule has 2 aromatic carbocycles. The van der Waals surface area contributed by atoms with Crippen molar-refractivity contribution in [1.29, 1.82) is 0 Å². The van der Waals surface area contributed by atoms with Crippen LogP contribution in [0.5, 0.6) is 0 Å². The van der Waals surface area contributed by atoms with E-state index in [0.29, 0.717) is 11.1 Å². The van der Waals surface area contributed by atoms with Gasteiger partial charge in [-0.15, -0.1) is 0 Å². The van der Waals surface area contributed by atoms with Crippen LogP contribution in [0.4, 0.5) is 0 Å². The molecule has 3 rings (SSSR count). The van der Waals surface area contributed by atoms with Crippen LogP contribution in [0.15, 0.2) is 63.8 Å². The van der Waals surface area contributed by atoms with E-state index in [1.54, 1.807) is 12.1 Å². The molecule has 0 aliphatic heterocycles. The van der Waals surface area contributed by atoms with Gasteiger partial charge >= 0.3 is 5.63 Å². The van der Waals surface area contributed by atoms with Crippen molar-refractivity contribution in [2.45, 2.75) is 6.92 Å². The summed E-state index contributed by atoms with van der Waals surface area (Å²) in [4.78, 5) is 11.9. The molecule has 0 bridgehead atoms. The van der Waals surface area contributed by atoms with E-state index < -0.39 is 0 Å². The van der Waals surface area contributed by atoms with Crippen molar-refractivity contribution < 1.29 is 4.42 Å². The van der Waals surface area contributed by atoms with Crippen molar-refractivity contribution in [3.8, 4) is 0 Å². The summed E-state index contributed by atoms with van der Waals surface area (Å²) in [7, 11) is 0. The molecule has 0 saturated carbocycles. The third-order valence-corrected chi connectivity index (χ3v) is 3.20. The molecule has 0 unspecified atom stereocenters. The minimum absolute atomic E-state index is 0.313. The van der Waals surface area contributed by atoms with Crippen LogP contribution in [0.2, 0.25) is 0 Å². The first-order valence-corrected chi connectivity index (χ1v) is 6.50. The number of para-hydroxylation sites is 1. The fourth-order valence-electron chi connectivity index (χ4n) is 2.06. The topological polar surface area (TPSA) is 30.2 Å². The Morgan fingerprint density at radius 1 is 0.950 bits per heavy atom. The Morgan fingerprint density at radius 3 is 2.50 bits per heavy atom. The fraction of sp³-hybridized carbons (Fsp3) is 0.0556. The monoisotopic (exact) mass is 262 g/mol. The zero-order chi connectivity index (χ0) is 13.9. The van der Waals surface area contributed by atoms with Gasteiger partial charge in [0.05, 0.1) is 5.56 Å². The molecular weight excluding hydrogens is 248 g/mol. The molecule has 3 aromatic rings. The Bertz CT molecular complexity index is 824. The number of hydrogen-bond donors (Lipinski definition) is 0. The maximum atomic E-state index is 11.9. The first-order valence-electron chi connectivity index (χ1n) is 6.50. The Kier molecular flexibility index (Phi) is 3.21. The van der Waals surface area contributed by atoms with Crippen LogP contribution in [0.3, 0.4) is 0 Å². The van der Waals surface area contributed by atoms with Gasteiger partial charge in [-0.3, -0.25) is 0 Å². The van der Waals surface area contributed by atoms with Crippen LogP contribution in [-0.2, 0) is 0 Å². The van der Waals surface area contributed by atoms with E-state index in [-0.39, 0.29) is 5.63 Å². The van der Waals surface area contributed by atoms with Crippen LogP contribution < -0.4 is 5.63 Å². The van der Waals surface area contributed by atoms with E-state index in [9.17, 15) is 4.79 Å². The van der Waals surface area contributed by atoms with Crippen molar-refractivity contribution in [2.24, 2.45) is 0 Å². The highest BCUT2D eigenvalue weighted by Gasteiger charge is 2.01. The van der Waals surface area contributed by atoms with Gasteiger partial charge in [0.25, 0.3) is 0 Å². The fourth-order valence-corrected chi connectivity index (χ4v) is 2.06. The smallest absolute Gasteiger partial charge is 0.343 e. The van der Waals surface area contributed by atoms with Crippen molar-refractivity contribution in [2.75, 3.05) is 0 Å². The normalized spacial score (nSPS) is 11.2. The highest BCUT2D eigenvalue weighted by molar-refractivity contribution is 5.80. The van der Waals surface area contributed by atoms with Crippen molar-refractivity contribution >= 4 is 23.1 Å². The van der Waals surface area contributed by atoms with Gasteiger partial charge in [-0.2, -0.15) is 0 Å². The van der Waals surface area contributed by atoms with Gasteiger partial charge < -0.3 is 4.42 Å². The molecule has 0 amide bonds. The SMILES string of the molecule is Cc1ccc(/C=C/c2cc3ccccc3oc2=O)cc1. The summed E-state index contributed by atoms with van der Waals surface area (Å²) < 4.78 is 5.29. The van der Waals surface area contributed by atoms with Crippen LogP contribution in [0.25, 0.3) is 23.1 Å². The molecule has 1 aromatic heterocycles. The summed E-state index contributed by atoms with van der Waals surface area (Å²) in [5.74, 6) is 0. The second-order valence-corrected chi connectivity index (χ2v) is 4.77. The molecule has 2 heteroatoms. The standard InChI is InChI=1S/C18H14O2/c1-13-6-8-14(9-7-13)10-11-16-12-15-4-2-3-5-17(15)20-18(16)19/h2-12H,1H3/b11-10+. The van der Waals surface area contributed by atoms with E-state index in [0.717, 1.165) is 10.9 Å². The van der Waals surface area contributed by atoms with E-state index in [1.165, 1.54) is 5.56 Å². The molecule has 2 nitrogen and oxygen atoms in total. The number of benzene rings is 2. The third-order valence-electron chi connectivity index (χ3n) is 3.20. The summed E-state index contributed by atoms with van der Waals surface area (Å²) >= 11 is 0. The first-order chi connectivity index (χ1) is 9.72. The molecular formula is C18H14O2. The summed E-state index contributed by atoms with van der Waals surface area (Å²) in [5.41, 5.74) is 3.14. The predicted molar refractivity (Wildman–Crippen MR) is 82.6 cm³/mol. The van der Waals surface area contributed by atoms with E-state index in [4.69, 9.17) is 4.42 Å². The van der Waals surface area contributed by atoms with Gasteiger partial charge in [0, 0.05) is 5.39 Å². The Hall–Kier alpha value is -2.61. The average Bonchev–Trinajstić information content (AvgIpc) is 2.47. The molecule has 0 radical (unpaired) electrons. The third kappa shape index (κ3) is 2.54. The molecule has 0 fully saturated rings. The maximum absolute atomic E-state index is 11.9. The lowest BCUT2D eigenvalue weighted by atomic mass is 10.1. The quantitative estimate of drug-likeness (QED) is 0.645. The van der Waals surface area contributed by atoms with E-state index in [2.05, 4.69) is 0 Å². The lowest BCUT2D eigenvalue weighted by molar-refractivity contribution is 0.559. The van der Waals surface area contributed by atoms with E-state index >= 15 is 0 Å². The number of hydrogen-bond acceptors (Lipinski definition) is 2. The Labute approximate surface area is 117 Å².